The molecule has 0 spiro atoms. The number of H-pyrrole nitrogens is 1. The van der Waals surface area contributed by atoms with E-state index in [1.165, 1.54) is 30.3 Å². The van der Waals surface area contributed by atoms with E-state index in [1.54, 1.807) is 0 Å². The van der Waals surface area contributed by atoms with E-state index in [4.69, 9.17) is 28.9 Å². The fourth-order valence-electron chi connectivity index (χ4n) is 2.97. The van der Waals surface area contributed by atoms with Crippen molar-refractivity contribution >= 4 is 29.8 Å². The number of nitrogens with zero attached hydrogens (tertiary/aromatic N) is 1. The van der Waals surface area contributed by atoms with Crippen LogP contribution in [0.1, 0.15) is 30.1 Å². The number of aliphatic carboxylic acids is 1. The molecule has 2 N–H and O–H groups in total. The van der Waals surface area contributed by atoms with E-state index in [-0.39, 0.29) is 44.9 Å². The van der Waals surface area contributed by atoms with Crippen LogP contribution in [-0.2, 0) is 50.5 Å². The average molecular weight is 443 g/mol. The number of aromatic nitrogens is 2. The van der Waals surface area contributed by atoms with E-state index in [9.17, 15) is 9.18 Å². The van der Waals surface area contributed by atoms with Crippen molar-refractivity contribution in [2.75, 3.05) is 0 Å². The Morgan fingerprint density at radius 2 is 2.29 bits per heavy atom. The number of hydrogen-bond donors (Lipinski definition) is 2. The fraction of sp³-hybridized carbons (Fsp3) is 0.375. The van der Waals surface area contributed by atoms with Gasteiger partial charge in [-0.15, -0.1) is 29.8 Å². The van der Waals surface area contributed by atoms with Crippen LogP contribution in [0.2, 0.25) is 5.02 Å². The normalized spacial score (nSPS) is 19.4. The first-order valence-corrected chi connectivity index (χ1v) is 8.10. The minimum Gasteiger partial charge on any atom is -0.481 e. The molecule has 1 aromatic heterocycles. The van der Waals surface area contributed by atoms with Crippen LogP contribution in [0, 0.1) is 22.6 Å². The number of halogens is 2. The number of nitrogens with one attached hydrogen (secondary N) is 1. The standard InChI is InChI=1S/C10H12N2O2S.C6H3ClF.Y/c13-8(14)2-1-7-9-6-3-5(6)4-12(9)10(15)11-7;7-5-1-3-6(8)4-2-5;/h5-6H,1-4H2,(H,11,15)(H,13,14);1,3-4H;/q;-1;. The third kappa shape index (κ3) is 4.54. The zero-order chi connectivity index (χ0) is 16.6. The molecule has 4 nitrogen and oxygen atoms in total. The van der Waals surface area contributed by atoms with Gasteiger partial charge in [-0.1, -0.05) is 5.02 Å². The van der Waals surface area contributed by atoms with Crippen LogP contribution in [0.5, 0.6) is 0 Å². The maximum atomic E-state index is 12.0. The van der Waals surface area contributed by atoms with Gasteiger partial charge in [-0.2, -0.15) is 6.07 Å². The van der Waals surface area contributed by atoms with E-state index in [0.717, 1.165) is 22.9 Å². The smallest absolute Gasteiger partial charge is 0.303 e. The molecule has 0 amide bonds. The van der Waals surface area contributed by atoms with Gasteiger partial charge in [-0.25, -0.2) is 0 Å². The molecule has 8 heteroatoms. The SMILES string of the molecule is Fc1c[c-]c(Cl)cc1.O=C(O)CCc1[nH]c(=S)n2c1C1CC1C2.[Y]. The number of carboxylic acid groups (broad SMARTS) is 1. The molecule has 24 heavy (non-hydrogen) atoms. The van der Waals surface area contributed by atoms with Crippen molar-refractivity contribution in [1.82, 2.24) is 9.55 Å². The molecule has 2 unspecified atom stereocenters. The predicted molar refractivity (Wildman–Crippen MR) is 86.7 cm³/mol. The summed E-state index contributed by atoms with van der Waals surface area (Å²) < 4.78 is 14.9. The summed E-state index contributed by atoms with van der Waals surface area (Å²) in [7, 11) is 0. The van der Waals surface area contributed by atoms with Crippen molar-refractivity contribution < 1.29 is 47.0 Å². The van der Waals surface area contributed by atoms with Crippen LogP contribution in [0.4, 0.5) is 4.39 Å². The van der Waals surface area contributed by atoms with E-state index < -0.39 is 5.97 Å². The summed E-state index contributed by atoms with van der Waals surface area (Å²) in [6.45, 7) is 1.03. The van der Waals surface area contributed by atoms with Gasteiger partial charge in [0.25, 0.3) is 0 Å². The second kappa shape index (κ2) is 8.22. The summed E-state index contributed by atoms with van der Waals surface area (Å²) in [5.41, 5.74) is 2.33. The molecular weight excluding hydrogens is 428 g/mol. The molecule has 2 aromatic rings. The Bertz CT molecular complexity index is 769. The van der Waals surface area contributed by atoms with Crippen molar-refractivity contribution in [2.24, 2.45) is 5.92 Å². The monoisotopic (exact) mass is 442 g/mol. The minimum absolute atomic E-state index is 0. The summed E-state index contributed by atoms with van der Waals surface area (Å²) in [4.78, 5) is 13.7. The Morgan fingerprint density at radius 1 is 1.54 bits per heavy atom. The molecule has 0 saturated heterocycles. The van der Waals surface area contributed by atoms with Gasteiger partial charge in [-0.3, -0.25) is 9.18 Å². The average Bonchev–Trinajstić information content (AvgIpc) is 3.06. The Kier molecular flexibility index (Phi) is 6.77. The van der Waals surface area contributed by atoms with Crippen LogP contribution in [0.25, 0.3) is 0 Å². The summed E-state index contributed by atoms with van der Waals surface area (Å²) in [6.07, 6.45) is 2.01. The largest absolute Gasteiger partial charge is 0.481 e. The summed E-state index contributed by atoms with van der Waals surface area (Å²) in [5, 5.41) is 9.10. The Hall–Kier alpha value is -0.556. The number of imidazole rings is 1. The van der Waals surface area contributed by atoms with Gasteiger partial charge in [0.2, 0.25) is 0 Å². The van der Waals surface area contributed by atoms with Crippen molar-refractivity contribution in [1.29, 1.82) is 0 Å². The Morgan fingerprint density at radius 3 is 2.88 bits per heavy atom. The molecule has 0 bridgehead atoms. The Labute approximate surface area is 174 Å². The van der Waals surface area contributed by atoms with Gasteiger partial charge in [0.15, 0.2) is 4.77 Å². The van der Waals surface area contributed by atoms with E-state index >= 15 is 0 Å². The third-order valence-electron chi connectivity index (χ3n) is 4.12. The predicted octanol–water partition coefficient (Wildman–Crippen LogP) is 3.96. The second-order valence-electron chi connectivity index (χ2n) is 5.76. The number of fused-ring (bicyclic) bond motifs is 3. The van der Waals surface area contributed by atoms with Crippen LogP contribution >= 0.6 is 23.8 Å². The molecule has 1 aliphatic carbocycles. The van der Waals surface area contributed by atoms with Crippen LogP contribution < -0.4 is 0 Å². The van der Waals surface area contributed by atoms with Crippen molar-refractivity contribution in [3.63, 3.8) is 0 Å². The first-order chi connectivity index (χ1) is 11.0. The van der Waals surface area contributed by atoms with Crippen molar-refractivity contribution in [2.45, 2.75) is 31.7 Å². The number of aryl methyl sites for hydroxylation is 1. The molecule has 1 aliphatic heterocycles. The third-order valence-corrected chi connectivity index (χ3v) is 4.68. The zero-order valence-corrected chi connectivity index (χ0v) is 17.2. The van der Waals surface area contributed by atoms with E-state index in [2.05, 4.69) is 15.6 Å². The number of carbonyl (C=O) groups is 1. The van der Waals surface area contributed by atoms with Gasteiger partial charge in [0.1, 0.15) is 0 Å². The minimum atomic E-state index is -0.750. The van der Waals surface area contributed by atoms with Crippen molar-refractivity contribution in [3.05, 3.63) is 51.3 Å². The van der Waals surface area contributed by atoms with Gasteiger partial charge in [0, 0.05) is 62.4 Å². The molecular formula is C16H15ClFN2O2SY-. The molecule has 125 valence electrons. The maximum absolute atomic E-state index is 12.0. The van der Waals surface area contributed by atoms with Gasteiger partial charge >= 0.3 is 5.97 Å². The number of rotatable bonds is 3. The molecule has 2 aliphatic rings. The quantitative estimate of drug-likeness (QED) is 0.559. The first kappa shape index (κ1) is 19.8. The first-order valence-electron chi connectivity index (χ1n) is 7.32. The summed E-state index contributed by atoms with van der Waals surface area (Å²) in [6, 6.07) is 6.43. The molecule has 1 radical (unpaired) electrons. The van der Waals surface area contributed by atoms with Crippen LogP contribution in [-0.4, -0.2) is 20.6 Å². The fourth-order valence-corrected chi connectivity index (χ4v) is 3.38. The summed E-state index contributed by atoms with van der Waals surface area (Å²) in [5.74, 6) is 0.371. The topological polar surface area (TPSA) is 58.0 Å². The second-order valence-corrected chi connectivity index (χ2v) is 6.55. The van der Waals surface area contributed by atoms with Crippen LogP contribution in [0.3, 0.4) is 0 Å². The maximum Gasteiger partial charge on any atom is 0.303 e. The zero-order valence-electron chi connectivity index (χ0n) is 12.8. The van der Waals surface area contributed by atoms with E-state index in [1.807, 2.05) is 0 Å². The Balaban J connectivity index is 0.000000199. The van der Waals surface area contributed by atoms with E-state index in [0.29, 0.717) is 17.4 Å². The molecule has 4 rings (SSSR count). The van der Waals surface area contributed by atoms with Crippen molar-refractivity contribution in [3.8, 4) is 0 Å². The molecule has 2 atom stereocenters. The number of benzene rings is 1. The van der Waals surface area contributed by atoms with Gasteiger partial charge in [0.05, 0.1) is 6.42 Å². The molecule has 1 saturated carbocycles. The molecule has 1 aromatic carbocycles. The molecule has 1 fully saturated rings. The number of carboxylic acids is 1. The number of aromatic amines is 1. The molecule has 2 heterocycles. The van der Waals surface area contributed by atoms with Gasteiger partial charge < -0.3 is 14.7 Å². The van der Waals surface area contributed by atoms with Gasteiger partial charge in [-0.05, 0) is 31.0 Å². The van der Waals surface area contributed by atoms with Crippen LogP contribution in [0.15, 0.2) is 18.2 Å². The number of hydrogen-bond acceptors (Lipinski definition) is 2. The summed E-state index contributed by atoms with van der Waals surface area (Å²) >= 11 is 10.6.